The van der Waals surface area contributed by atoms with Crippen molar-refractivity contribution in [2.75, 3.05) is 10.2 Å². The smallest absolute Gasteiger partial charge is 0.258 e. The summed E-state index contributed by atoms with van der Waals surface area (Å²) in [5.74, 6) is -1.73. The topological polar surface area (TPSA) is 91.2 Å². The lowest BCUT2D eigenvalue weighted by atomic mass is 10.2. The molecule has 1 saturated heterocycles. The van der Waals surface area contributed by atoms with Crippen molar-refractivity contribution in [3.05, 3.63) is 115 Å². The highest BCUT2D eigenvalue weighted by atomic mass is 32.2. The van der Waals surface area contributed by atoms with Crippen LogP contribution in [0.4, 0.5) is 27.1 Å². The summed E-state index contributed by atoms with van der Waals surface area (Å²) < 4.78 is 13.8. The van der Waals surface area contributed by atoms with Crippen LogP contribution in [0.3, 0.4) is 0 Å². The lowest BCUT2D eigenvalue weighted by molar-refractivity contribution is -0.121. The molecule has 188 valence electrons. The molecular weight excluding hydrogens is 503 g/mol. The standard InChI is InChI=1S/C29H21FN4O3S/c30-25-9-5-4-8-24(25)28(36)31-19-12-16-23(17-13-19)38-26-18-27(35)34(29(26)37)22-14-10-21(11-15-22)33-32-20-6-2-1-3-7-20/h1-17,26H,18H2,(H,31,36). The Hall–Kier alpha value is -4.63. The summed E-state index contributed by atoms with van der Waals surface area (Å²) in [6.45, 7) is 0. The van der Waals surface area contributed by atoms with Gasteiger partial charge in [0.1, 0.15) is 5.82 Å². The number of nitrogens with one attached hydrogen (secondary N) is 1. The Morgan fingerprint density at radius 2 is 1.45 bits per heavy atom. The highest BCUT2D eigenvalue weighted by molar-refractivity contribution is 8.00. The van der Waals surface area contributed by atoms with Crippen molar-refractivity contribution in [2.45, 2.75) is 16.6 Å². The van der Waals surface area contributed by atoms with Crippen molar-refractivity contribution in [1.29, 1.82) is 0 Å². The third-order valence-corrected chi connectivity index (χ3v) is 6.96. The van der Waals surface area contributed by atoms with Gasteiger partial charge in [-0.3, -0.25) is 14.4 Å². The molecule has 0 aromatic heterocycles. The Balaban J connectivity index is 1.21. The highest BCUT2D eigenvalue weighted by Crippen LogP contribution is 2.35. The first kappa shape index (κ1) is 25.0. The molecule has 1 fully saturated rings. The number of hydrogen-bond acceptors (Lipinski definition) is 6. The molecule has 1 N–H and O–H groups in total. The van der Waals surface area contributed by atoms with Gasteiger partial charge in [-0.1, -0.05) is 30.3 Å². The molecule has 7 nitrogen and oxygen atoms in total. The van der Waals surface area contributed by atoms with Crippen LogP contribution in [0.25, 0.3) is 0 Å². The molecule has 3 amide bonds. The summed E-state index contributed by atoms with van der Waals surface area (Å²) in [6, 6.07) is 28.7. The Morgan fingerprint density at radius 3 is 2.13 bits per heavy atom. The quantitative estimate of drug-likeness (QED) is 0.210. The summed E-state index contributed by atoms with van der Waals surface area (Å²) in [5.41, 5.74) is 2.25. The maximum atomic E-state index is 13.8. The van der Waals surface area contributed by atoms with E-state index in [-0.39, 0.29) is 23.8 Å². The first-order valence-corrected chi connectivity index (χ1v) is 12.6. The first-order valence-electron chi connectivity index (χ1n) is 11.7. The van der Waals surface area contributed by atoms with Crippen LogP contribution in [0.1, 0.15) is 16.8 Å². The summed E-state index contributed by atoms with van der Waals surface area (Å²) in [5, 5.41) is 10.4. The summed E-state index contributed by atoms with van der Waals surface area (Å²) in [4.78, 5) is 40.0. The minimum Gasteiger partial charge on any atom is -0.322 e. The van der Waals surface area contributed by atoms with E-state index in [0.717, 1.165) is 10.6 Å². The molecule has 0 bridgehead atoms. The number of imide groups is 1. The highest BCUT2D eigenvalue weighted by Gasteiger charge is 2.40. The Bertz CT molecular complexity index is 1510. The first-order chi connectivity index (χ1) is 18.5. The fourth-order valence-electron chi connectivity index (χ4n) is 3.87. The van der Waals surface area contributed by atoms with Crippen LogP contribution in [0.15, 0.2) is 118 Å². The van der Waals surface area contributed by atoms with Gasteiger partial charge in [0.05, 0.1) is 27.9 Å². The minimum absolute atomic E-state index is 0.0478. The fraction of sp³-hybridized carbons (Fsp3) is 0.0690. The van der Waals surface area contributed by atoms with Crippen LogP contribution in [0, 0.1) is 5.82 Å². The number of benzene rings is 4. The Kier molecular flexibility index (Phi) is 7.37. The largest absolute Gasteiger partial charge is 0.322 e. The average molecular weight is 525 g/mol. The lowest BCUT2D eigenvalue weighted by Gasteiger charge is -2.15. The van der Waals surface area contributed by atoms with Crippen molar-refractivity contribution in [2.24, 2.45) is 10.2 Å². The minimum atomic E-state index is -0.600. The van der Waals surface area contributed by atoms with Gasteiger partial charge in [0.2, 0.25) is 11.8 Å². The third-order valence-electron chi connectivity index (χ3n) is 5.76. The van der Waals surface area contributed by atoms with Crippen LogP contribution in [-0.2, 0) is 9.59 Å². The molecule has 0 spiro atoms. The number of amides is 3. The number of anilines is 2. The molecule has 5 rings (SSSR count). The van der Waals surface area contributed by atoms with E-state index >= 15 is 0 Å². The van der Waals surface area contributed by atoms with Crippen LogP contribution >= 0.6 is 11.8 Å². The predicted molar refractivity (Wildman–Crippen MR) is 145 cm³/mol. The lowest BCUT2D eigenvalue weighted by Crippen LogP contribution is -2.30. The molecule has 9 heteroatoms. The van der Waals surface area contributed by atoms with Crippen LogP contribution in [0.2, 0.25) is 0 Å². The normalized spacial score (nSPS) is 15.3. The second kappa shape index (κ2) is 11.2. The summed E-state index contributed by atoms with van der Waals surface area (Å²) in [7, 11) is 0. The predicted octanol–water partition coefficient (Wildman–Crippen LogP) is 6.92. The van der Waals surface area contributed by atoms with Gasteiger partial charge in [-0.25, -0.2) is 9.29 Å². The molecule has 0 radical (unpaired) electrons. The SMILES string of the molecule is O=C(Nc1ccc(SC2CC(=O)N(c3ccc(N=Nc4ccccc4)cc3)C2=O)cc1)c1ccccc1F. The molecule has 4 aromatic rings. The summed E-state index contributed by atoms with van der Waals surface area (Å²) >= 11 is 1.28. The van der Waals surface area contributed by atoms with Crippen molar-refractivity contribution in [1.82, 2.24) is 0 Å². The fourth-order valence-corrected chi connectivity index (χ4v) is 4.92. The van der Waals surface area contributed by atoms with Gasteiger partial charge in [0.15, 0.2) is 0 Å². The van der Waals surface area contributed by atoms with E-state index in [1.54, 1.807) is 54.6 Å². The zero-order valence-corrected chi connectivity index (χ0v) is 20.8. The number of halogens is 1. The number of rotatable bonds is 7. The Labute approximate surface area is 222 Å². The molecule has 38 heavy (non-hydrogen) atoms. The maximum absolute atomic E-state index is 13.8. The van der Waals surface area contributed by atoms with Gasteiger partial charge in [0, 0.05) is 17.0 Å². The van der Waals surface area contributed by atoms with Gasteiger partial charge < -0.3 is 5.32 Å². The second-order valence-electron chi connectivity index (χ2n) is 8.39. The number of hydrogen-bond donors (Lipinski definition) is 1. The number of thioether (sulfide) groups is 1. The van der Waals surface area contributed by atoms with E-state index in [1.165, 1.54) is 34.9 Å². The van der Waals surface area contributed by atoms with Gasteiger partial charge >= 0.3 is 0 Å². The average Bonchev–Trinajstić information content (AvgIpc) is 3.21. The number of carbonyl (C=O) groups is 3. The molecule has 4 aromatic carbocycles. The van der Waals surface area contributed by atoms with E-state index < -0.39 is 17.0 Å². The third kappa shape index (κ3) is 5.68. The molecule has 1 atom stereocenters. The molecule has 1 aliphatic rings. The zero-order valence-electron chi connectivity index (χ0n) is 20.0. The van der Waals surface area contributed by atoms with Gasteiger partial charge in [-0.05, 0) is 72.8 Å². The molecule has 1 heterocycles. The number of nitrogens with zero attached hydrogens (tertiary/aromatic N) is 3. The van der Waals surface area contributed by atoms with Gasteiger partial charge in [-0.15, -0.1) is 11.8 Å². The molecule has 1 unspecified atom stereocenters. The molecule has 0 aliphatic carbocycles. The number of carbonyl (C=O) groups excluding carboxylic acids is 3. The van der Waals surface area contributed by atoms with Crippen molar-refractivity contribution < 1.29 is 18.8 Å². The summed E-state index contributed by atoms with van der Waals surface area (Å²) in [6.07, 6.45) is 0.0741. The van der Waals surface area contributed by atoms with Gasteiger partial charge in [-0.2, -0.15) is 10.2 Å². The second-order valence-corrected chi connectivity index (χ2v) is 9.66. The van der Waals surface area contributed by atoms with Crippen molar-refractivity contribution in [3.63, 3.8) is 0 Å². The maximum Gasteiger partial charge on any atom is 0.258 e. The van der Waals surface area contributed by atoms with Crippen LogP contribution < -0.4 is 10.2 Å². The number of azo groups is 1. The van der Waals surface area contributed by atoms with E-state index in [4.69, 9.17) is 0 Å². The van der Waals surface area contributed by atoms with Crippen molar-refractivity contribution >= 4 is 52.2 Å². The van der Waals surface area contributed by atoms with E-state index in [1.807, 2.05) is 30.3 Å². The molecule has 1 aliphatic heterocycles. The molecule has 0 saturated carbocycles. The van der Waals surface area contributed by atoms with E-state index in [9.17, 15) is 18.8 Å². The zero-order chi connectivity index (χ0) is 26.5. The van der Waals surface area contributed by atoms with Crippen LogP contribution in [-0.4, -0.2) is 23.0 Å². The van der Waals surface area contributed by atoms with E-state index in [0.29, 0.717) is 17.1 Å². The van der Waals surface area contributed by atoms with Crippen LogP contribution in [0.5, 0.6) is 0 Å². The van der Waals surface area contributed by atoms with Gasteiger partial charge in [0.25, 0.3) is 5.91 Å². The van der Waals surface area contributed by atoms with E-state index in [2.05, 4.69) is 15.5 Å². The molecular formula is C29H21FN4O3S. The Morgan fingerprint density at radius 1 is 0.816 bits per heavy atom. The monoisotopic (exact) mass is 524 g/mol. The van der Waals surface area contributed by atoms with Crippen molar-refractivity contribution in [3.8, 4) is 0 Å².